The van der Waals surface area contributed by atoms with Gasteiger partial charge in [-0.3, -0.25) is 0 Å². The van der Waals surface area contributed by atoms with Gasteiger partial charge in [0.15, 0.2) is 0 Å². The van der Waals surface area contributed by atoms with Crippen LogP contribution < -0.4 is 24.0 Å². The molecule has 0 atom stereocenters. The Kier molecular flexibility index (Phi) is 18.8. The Morgan fingerprint density at radius 3 is 1.25 bits per heavy atom. The van der Waals surface area contributed by atoms with Gasteiger partial charge in [0, 0.05) is 34.6 Å². The van der Waals surface area contributed by atoms with Crippen LogP contribution in [0.1, 0.15) is 65.7 Å². The molecule has 0 bridgehead atoms. The molecule has 3 nitrogen and oxygen atoms in total. The van der Waals surface area contributed by atoms with Gasteiger partial charge in [0.1, 0.15) is 0 Å². The molecule has 0 spiro atoms. The summed E-state index contributed by atoms with van der Waals surface area (Å²) in [6, 6.07) is 0.961. The summed E-state index contributed by atoms with van der Waals surface area (Å²) >= 11 is 0. The second kappa shape index (κ2) is 16.4. The van der Waals surface area contributed by atoms with Gasteiger partial charge in [-0.2, -0.15) is 0 Å². The van der Waals surface area contributed by atoms with E-state index in [1.807, 2.05) is 0 Å². The van der Waals surface area contributed by atoms with E-state index in [0.29, 0.717) is 0 Å². The van der Waals surface area contributed by atoms with E-state index in [9.17, 15) is 0 Å². The molecule has 0 aliphatic carbocycles. The first-order chi connectivity index (χ1) is 11.1. The molecular weight excluding hydrogens is 450 g/mol. The normalized spacial score (nSPS) is 12.2. The predicted octanol–water partition coefficient (Wildman–Crippen LogP) is 2.68. The number of hydrogen-bond acceptors (Lipinski definition) is 3. The minimum Gasteiger partial charge on any atom is -1.00 e. The van der Waals surface area contributed by atoms with Crippen molar-refractivity contribution >= 4 is 16.1 Å². The molecule has 0 aliphatic heterocycles. The van der Waals surface area contributed by atoms with Gasteiger partial charge in [-0.15, -0.1) is 0 Å². The number of hydrogen-bond donors (Lipinski definition) is 0. The first kappa shape index (κ1) is 27.5. The Morgan fingerprint density at radius 1 is 0.625 bits per heavy atom. The van der Waals surface area contributed by atoms with Gasteiger partial charge in [-0.1, -0.05) is 40.0 Å². The number of rotatable bonds is 16. The van der Waals surface area contributed by atoms with Crippen LogP contribution >= 0.6 is 7.26 Å². The fourth-order valence-electron chi connectivity index (χ4n) is 3.34. The maximum Gasteiger partial charge on any atom is 0.500 e. The smallest absolute Gasteiger partial charge is 0.500 e. The van der Waals surface area contributed by atoms with Gasteiger partial charge in [0.05, 0.1) is 24.6 Å². The van der Waals surface area contributed by atoms with Gasteiger partial charge in [0.2, 0.25) is 0 Å². The van der Waals surface area contributed by atoms with E-state index >= 15 is 0 Å². The van der Waals surface area contributed by atoms with Crippen LogP contribution in [0.15, 0.2) is 0 Å². The average Bonchev–Trinajstić information content (AvgIpc) is 2.60. The standard InChI is InChI=1S/C18H42O3PSi.HI/c1-7-10-14-22(15-11-8-2,16-12-9-3)17-13-18-23(19-4,20-5)21-6;/h7-18H2,1-6H3;1H/q+1;/p-1. The fraction of sp³-hybridized carbons (Fsp3) is 1.00. The maximum absolute atomic E-state index is 5.60. The van der Waals surface area contributed by atoms with Crippen molar-refractivity contribution < 1.29 is 37.3 Å². The Balaban J connectivity index is 0. The highest BCUT2D eigenvalue weighted by Gasteiger charge is 2.40. The summed E-state index contributed by atoms with van der Waals surface area (Å²) in [6.45, 7) is 6.98. The van der Waals surface area contributed by atoms with Crippen molar-refractivity contribution in [2.45, 2.75) is 71.8 Å². The molecule has 0 aliphatic rings. The molecule has 24 heavy (non-hydrogen) atoms. The van der Waals surface area contributed by atoms with E-state index < -0.39 is 16.1 Å². The van der Waals surface area contributed by atoms with Crippen LogP contribution in [-0.4, -0.2) is 54.8 Å². The first-order valence-corrected chi connectivity index (χ1v) is 14.0. The van der Waals surface area contributed by atoms with Crippen molar-refractivity contribution in [1.29, 1.82) is 0 Å². The van der Waals surface area contributed by atoms with E-state index in [2.05, 4.69) is 20.8 Å². The Morgan fingerprint density at radius 2 is 0.958 bits per heavy atom. The summed E-state index contributed by atoms with van der Waals surface area (Å²) in [5.41, 5.74) is 0. The quantitative estimate of drug-likeness (QED) is 0.189. The first-order valence-electron chi connectivity index (χ1n) is 9.58. The highest BCUT2D eigenvalue weighted by atomic mass is 127. The molecule has 0 fully saturated rings. The maximum atomic E-state index is 5.60. The molecule has 0 radical (unpaired) electrons. The molecule has 0 unspecified atom stereocenters. The third kappa shape index (κ3) is 10.4. The molecule has 0 N–H and O–H groups in total. The lowest BCUT2D eigenvalue weighted by Gasteiger charge is -2.30. The third-order valence-corrected chi connectivity index (χ3v) is 12.9. The van der Waals surface area contributed by atoms with E-state index in [1.165, 1.54) is 69.6 Å². The van der Waals surface area contributed by atoms with Crippen LogP contribution in [0.3, 0.4) is 0 Å². The highest BCUT2D eigenvalue weighted by molar-refractivity contribution is 7.75. The molecule has 0 saturated carbocycles. The molecule has 0 rings (SSSR count). The molecular formula is C18H42IO3PSi. The van der Waals surface area contributed by atoms with Crippen molar-refractivity contribution in [1.82, 2.24) is 0 Å². The zero-order valence-electron chi connectivity index (χ0n) is 17.0. The van der Waals surface area contributed by atoms with E-state index in [-0.39, 0.29) is 24.0 Å². The van der Waals surface area contributed by atoms with Gasteiger partial charge >= 0.3 is 8.80 Å². The largest absolute Gasteiger partial charge is 1.00 e. The van der Waals surface area contributed by atoms with E-state index in [1.54, 1.807) is 21.3 Å². The lowest BCUT2D eigenvalue weighted by molar-refractivity contribution is -0.00000983. The summed E-state index contributed by atoms with van der Waals surface area (Å²) in [4.78, 5) is 0. The zero-order chi connectivity index (χ0) is 17.6. The van der Waals surface area contributed by atoms with Gasteiger partial charge in [-0.25, -0.2) is 0 Å². The van der Waals surface area contributed by atoms with E-state index in [0.717, 1.165) is 6.04 Å². The Bertz CT molecular complexity index is 249. The second-order valence-electron chi connectivity index (χ2n) is 6.70. The minimum atomic E-state index is -2.39. The number of unbranched alkanes of at least 4 members (excludes halogenated alkanes) is 3. The monoisotopic (exact) mass is 492 g/mol. The molecule has 0 amide bonds. The van der Waals surface area contributed by atoms with Crippen LogP contribution in [0.5, 0.6) is 0 Å². The van der Waals surface area contributed by atoms with Gasteiger partial charge < -0.3 is 37.3 Å². The second-order valence-corrected chi connectivity index (χ2v) is 14.3. The summed E-state index contributed by atoms with van der Waals surface area (Å²) in [6.07, 6.45) is 15.3. The fourth-order valence-corrected chi connectivity index (χ4v) is 10.5. The SMILES string of the molecule is CCCC[P+](CCCC)(CCCC)CCC[Si](OC)(OC)OC.[I-]. The van der Waals surface area contributed by atoms with E-state index in [4.69, 9.17) is 13.3 Å². The molecule has 0 heterocycles. The summed E-state index contributed by atoms with van der Waals surface area (Å²) < 4.78 is 16.8. The lowest BCUT2D eigenvalue weighted by Crippen LogP contribution is -3.00. The van der Waals surface area contributed by atoms with Crippen molar-refractivity contribution in [2.75, 3.05) is 46.0 Å². The predicted molar refractivity (Wildman–Crippen MR) is 107 cm³/mol. The van der Waals surface area contributed by atoms with Crippen LogP contribution in [0.2, 0.25) is 6.04 Å². The molecule has 0 aromatic rings. The van der Waals surface area contributed by atoms with Crippen LogP contribution in [0.4, 0.5) is 0 Å². The Hall–Kier alpha value is 1.26. The zero-order valence-corrected chi connectivity index (χ0v) is 21.1. The summed E-state index contributed by atoms with van der Waals surface area (Å²) in [5.74, 6) is 0. The molecule has 0 aromatic heterocycles. The average molecular weight is 492 g/mol. The van der Waals surface area contributed by atoms with Crippen LogP contribution in [-0.2, 0) is 13.3 Å². The lowest BCUT2D eigenvalue weighted by atomic mass is 10.4. The summed E-state index contributed by atoms with van der Waals surface area (Å²) in [7, 11) is 1.99. The van der Waals surface area contributed by atoms with Crippen molar-refractivity contribution in [3.8, 4) is 0 Å². The minimum absolute atomic E-state index is 0. The van der Waals surface area contributed by atoms with Crippen molar-refractivity contribution in [2.24, 2.45) is 0 Å². The van der Waals surface area contributed by atoms with Crippen LogP contribution in [0, 0.1) is 0 Å². The van der Waals surface area contributed by atoms with Crippen molar-refractivity contribution in [3.05, 3.63) is 0 Å². The topological polar surface area (TPSA) is 27.7 Å². The van der Waals surface area contributed by atoms with Crippen LogP contribution in [0.25, 0.3) is 0 Å². The molecule has 148 valence electrons. The Labute approximate surface area is 170 Å². The number of halogens is 1. The highest BCUT2D eigenvalue weighted by Crippen LogP contribution is 2.61. The van der Waals surface area contributed by atoms with Crippen molar-refractivity contribution in [3.63, 3.8) is 0 Å². The molecule has 6 heteroatoms. The molecule has 0 aromatic carbocycles. The van der Waals surface area contributed by atoms with Gasteiger partial charge in [-0.05, 0) is 25.7 Å². The third-order valence-electron chi connectivity index (χ3n) is 5.01. The molecule has 0 saturated heterocycles. The van der Waals surface area contributed by atoms with Gasteiger partial charge in [0.25, 0.3) is 0 Å². The summed E-state index contributed by atoms with van der Waals surface area (Å²) in [5, 5.41) is 0.